The molecule has 2 N–H and O–H groups in total. The summed E-state index contributed by atoms with van der Waals surface area (Å²) in [5.74, 6) is 0.0559. The zero-order valence-corrected chi connectivity index (χ0v) is 16.2. The predicted molar refractivity (Wildman–Crippen MR) is 109 cm³/mol. The van der Waals surface area contributed by atoms with Gasteiger partial charge in [0.15, 0.2) is 0 Å². The van der Waals surface area contributed by atoms with Crippen molar-refractivity contribution in [1.29, 1.82) is 0 Å². The van der Waals surface area contributed by atoms with Crippen LogP contribution < -0.4 is 16.0 Å². The monoisotopic (exact) mass is 419 g/mol. The lowest BCUT2D eigenvalue weighted by molar-refractivity contribution is 0.340. The second kappa shape index (κ2) is 8.33. The average Bonchev–Trinajstić information content (AvgIpc) is 2.65. The Morgan fingerprint density at radius 2 is 1.89 bits per heavy atom. The van der Waals surface area contributed by atoms with E-state index >= 15 is 0 Å². The van der Waals surface area contributed by atoms with E-state index in [0.29, 0.717) is 33.8 Å². The molecule has 0 spiro atoms. The van der Waals surface area contributed by atoms with Gasteiger partial charge < -0.3 is 9.84 Å². The summed E-state index contributed by atoms with van der Waals surface area (Å²) in [4.78, 5) is 30.7. The van der Waals surface area contributed by atoms with Gasteiger partial charge in [0.1, 0.15) is 11.3 Å². The Bertz CT molecular complexity index is 1150. The maximum atomic E-state index is 12.2. The number of nitrogens with zero attached hydrogens (tertiary/aromatic N) is 2. The fourth-order valence-corrected chi connectivity index (χ4v) is 2.80. The van der Waals surface area contributed by atoms with Crippen LogP contribution in [0.5, 0.6) is 11.6 Å². The topological polar surface area (TPSA) is 96.7 Å². The van der Waals surface area contributed by atoms with Crippen LogP contribution in [0.25, 0.3) is 5.69 Å². The first kappa shape index (κ1) is 19.7. The van der Waals surface area contributed by atoms with Crippen molar-refractivity contribution in [3.63, 3.8) is 0 Å². The molecule has 0 atom stereocenters. The minimum atomic E-state index is -0.787. The largest absolute Gasteiger partial charge is 0.494 e. The van der Waals surface area contributed by atoms with Gasteiger partial charge in [-0.3, -0.25) is 14.8 Å². The molecule has 0 bridgehead atoms. The van der Waals surface area contributed by atoms with E-state index in [9.17, 15) is 14.7 Å². The second-order valence-electron chi connectivity index (χ2n) is 5.61. The molecule has 0 aliphatic carbocycles. The lowest BCUT2D eigenvalue weighted by Gasteiger charge is -2.10. The predicted octanol–water partition coefficient (Wildman–Crippen LogP) is 3.69. The minimum absolute atomic E-state index is 0.204. The van der Waals surface area contributed by atoms with E-state index in [4.69, 9.17) is 27.9 Å². The number of ether oxygens (including phenoxy) is 1. The van der Waals surface area contributed by atoms with Gasteiger partial charge in [-0.25, -0.2) is 9.36 Å². The molecule has 9 heteroatoms. The molecule has 1 aromatic heterocycles. The first-order valence-electron chi connectivity index (χ1n) is 8.21. The standard InChI is InChI=1S/C19H15Cl2N3O4/c1-2-28-13-6-4-12(5-7-13)24-18(26)14(17(25)23-19(24)27)10-22-16-9-11(20)3-8-15(16)21/h3-10,26H,2H2,1H3,(H,23,25,27). The third-order valence-electron chi connectivity index (χ3n) is 3.77. The molecule has 28 heavy (non-hydrogen) atoms. The number of aliphatic imine (C=N–C) groups is 1. The van der Waals surface area contributed by atoms with Crippen molar-refractivity contribution in [2.45, 2.75) is 6.92 Å². The van der Waals surface area contributed by atoms with E-state index in [1.807, 2.05) is 6.92 Å². The second-order valence-corrected chi connectivity index (χ2v) is 6.46. The maximum Gasteiger partial charge on any atom is 0.335 e. The molecule has 0 radical (unpaired) electrons. The first-order chi connectivity index (χ1) is 13.4. The van der Waals surface area contributed by atoms with Gasteiger partial charge in [-0.1, -0.05) is 23.2 Å². The highest BCUT2D eigenvalue weighted by Crippen LogP contribution is 2.28. The summed E-state index contributed by atoms with van der Waals surface area (Å²) in [7, 11) is 0. The summed E-state index contributed by atoms with van der Waals surface area (Å²) in [6, 6.07) is 11.1. The molecular formula is C19H15Cl2N3O4. The highest BCUT2D eigenvalue weighted by molar-refractivity contribution is 6.35. The Hall–Kier alpha value is -3.03. The van der Waals surface area contributed by atoms with E-state index in [2.05, 4.69) is 9.98 Å². The number of aromatic hydroxyl groups is 1. The molecule has 3 rings (SSSR count). The Labute approximate surface area is 169 Å². The van der Waals surface area contributed by atoms with Gasteiger partial charge >= 0.3 is 5.69 Å². The number of H-pyrrole nitrogens is 1. The third-order valence-corrected chi connectivity index (χ3v) is 4.32. The Morgan fingerprint density at radius 3 is 2.57 bits per heavy atom. The minimum Gasteiger partial charge on any atom is -0.494 e. The van der Waals surface area contributed by atoms with Gasteiger partial charge in [-0.05, 0) is 49.4 Å². The quantitative estimate of drug-likeness (QED) is 0.616. The summed E-state index contributed by atoms with van der Waals surface area (Å²) >= 11 is 12.0. The fraction of sp³-hybridized carbons (Fsp3) is 0.105. The molecular weight excluding hydrogens is 405 g/mol. The lowest BCUT2D eigenvalue weighted by Crippen LogP contribution is -2.31. The number of aromatic nitrogens is 2. The van der Waals surface area contributed by atoms with Crippen molar-refractivity contribution in [3.8, 4) is 17.3 Å². The molecule has 0 saturated heterocycles. The van der Waals surface area contributed by atoms with Crippen molar-refractivity contribution in [1.82, 2.24) is 9.55 Å². The van der Waals surface area contributed by atoms with Crippen LogP contribution in [0.3, 0.4) is 0 Å². The van der Waals surface area contributed by atoms with Crippen LogP contribution in [0.4, 0.5) is 5.69 Å². The molecule has 0 unspecified atom stereocenters. The molecule has 7 nitrogen and oxygen atoms in total. The van der Waals surface area contributed by atoms with Crippen molar-refractivity contribution in [3.05, 3.63) is 78.9 Å². The normalized spacial score (nSPS) is 11.1. The molecule has 0 fully saturated rings. The van der Waals surface area contributed by atoms with E-state index < -0.39 is 17.1 Å². The van der Waals surface area contributed by atoms with Gasteiger partial charge in [0.25, 0.3) is 5.56 Å². The average molecular weight is 420 g/mol. The van der Waals surface area contributed by atoms with Gasteiger partial charge in [0.05, 0.1) is 23.0 Å². The van der Waals surface area contributed by atoms with Crippen LogP contribution in [0, 0.1) is 0 Å². The molecule has 0 aliphatic rings. The Kier molecular flexibility index (Phi) is 5.87. The van der Waals surface area contributed by atoms with Crippen molar-refractivity contribution < 1.29 is 9.84 Å². The maximum absolute atomic E-state index is 12.2. The van der Waals surface area contributed by atoms with Crippen LogP contribution in [0.1, 0.15) is 12.5 Å². The number of benzene rings is 2. The van der Waals surface area contributed by atoms with Crippen molar-refractivity contribution >= 4 is 35.1 Å². The third kappa shape index (κ3) is 4.11. The summed E-state index contributed by atoms with van der Waals surface area (Å²) < 4.78 is 6.31. The first-order valence-corrected chi connectivity index (χ1v) is 8.97. The SMILES string of the molecule is CCOc1ccc(-n2c(O)c(C=Nc3cc(Cl)ccc3Cl)c(=O)[nH]c2=O)cc1. The van der Waals surface area contributed by atoms with E-state index in [1.165, 1.54) is 6.07 Å². The van der Waals surface area contributed by atoms with Crippen LogP contribution in [-0.4, -0.2) is 27.5 Å². The lowest BCUT2D eigenvalue weighted by atomic mass is 10.2. The summed E-state index contributed by atoms with van der Waals surface area (Å²) in [6.45, 7) is 2.35. The number of halogens is 2. The van der Waals surface area contributed by atoms with Gasteiger partial charge in [-0.2, -0.15) is 0 Å². The van der Waals surface area contributed by atoms with E-state index in [1.54, 1.807) is 36.4 Å². The number of rotatable bonds is 5. The van der Waals surface area contributed by atoms with Crippen LogP contribution in [0.2, 0.25) is 10.0 Å². The Morgan fingerprint density at radius 1 is 1.18 bits per heavy atom. The van der Waals surface area contributed by atoms with Crippen molar-refractivity contribution in [2.24, 2.45) is 4.99 Å². The highest BCUT2D eigenvalue weighted by atomic mass is 35.5. The van der Waals surface area contributed by atoms with Gasteiger partial charge in [0.2, 0.25) is 5.88 Å². The number of hydrogen-bond acceptors (Lipinski definition) is 5. The molecule has 0 aliphatic heterocycles. The number of nitrogens with one attached hydrogen (secondary N) is 1. The molecule has 0 amide bonds. The molecule has 2 aromatic carbocycles. The Balaban J connectivity index is 2.07. The van der Waals surface area contributed by atoms with Crippen LogP contribution >= 0.6 is 23.2 Å². The zero-order valence-electron chi connectivity index (χ0n) is 14.6. The van der Waals surface area contributed by atoms with Crippen LogP contribution in [0.15, 0.2) is 57.0 Å². The van der Waals surface area contributed by atoms with E-state index in [0.717, 1.165) is 10.8 Å². The summed E-state index contributed by atoms with van der Waals surface area (Å²) in [5, 5.41) is 11.3. The zero-order chi connectivity index (χ0) is 20.3. The van der Waals surface area contributed by atoms with Gasteiger partial charge in [-0.15, -0.1) is 0 Å². The highest BCUT2D eigenvalue weighted by Gasteiger charge is 2.14. The molecule has 1 heterocycles. The van der Waals surface area contributed by atoms with E-state index in [-0.39, 0.29) is 5.56 Å². The summed E-state index contributed by atoms with van der Waals surface area (Å²) in [6.07, 6.45) is 1.12. The fourth-order valence-electron chi connectivity index (χ4n) is 2.47. The smallest absolute Gasteiger partial charge is 0.335 e. The molecule has 0 saturated carbocycles. The summed E-state index contributed by atoms with van der Waals surface area (Å²) in [5.41, 5.74) is -1.12. The van der Waals surface area contributed by atoms with Crippen molar-refractivity contribution in [2.75, 3.05) is 6.61 Å². The van der Waals surface area contributed by atoms with Gasteiger partial charge in [0, 0.05) is 11.2 Å². The number of aromatic amines is 1. The van der Waals surface area contributed by atoms with Crippen LogP contribution in [-0.2, 0) is 0 Å². The number of hydrogen-bond donors (Lipinski definition) is 2. The molecule has 144 valence electrons. The molecule has 3 aromatic rings.